The number of carbonyl (C=O) groups excluding carboxylic acids is 1. The van der Waals surface area contributed by atoms with Crippen LogP contribution in [0.2, 0.25) is 0 Å². The quantitative estimate of drug-likeness (QED) is 0.597. The predicted molar refractivity (Wildman–Crippen MR) is 124 cm³/mol. The van der Waals surface area contributed by atoms with E-state index in [1.165, 1.54) is 18.6 Å². The normalized spacial score (nSPS) is 17.5. The van der Waals surface area contributed by atoms with Crippen LogP contribution in [0.3, 0.4) is 0 Å². The van der Waals surface area contributed by atoms with Crippen molar-refractivity contribution >= 4 is 38.6 Å². The summed E-state index contributed by atoms with van der Waals surface area (Å²) in [6.07, 6.45) is 7.48. The molecule has 2 aliphatic heterocycles. The molecule has 5 rings (SSSR count). The number of hydrogen-bond acceptors (Lipinski definition) is 7. The molecule has 10 nitrogen and oxygen atoms in total. The Labute approximate surface area is 192 Å². The number of anilines is 2. The predicted octanol–water partition coefficient (Wildman–Crippen LogP) is 2.06. The second-order valence-corrected chi connectivity index (χ2v) is 10.2. The fourth-order valence-corrected chi connectivity index (χ4v) is 5.20. The molecule has 0 atom stereocenters. The van der Waals surface area contributed by atoms with E-state index < -0.39 is 10.0 Å². The van der Waals surface area contributed by atoms with Crippen LogP contribution in [0.25, 0.3) is 11.2 Å². The number of piperidine rings is 1. The van der Waals surface area contributed by atoms with Crippen molar-refractivity contribution < 1.29 is 13.2 Å². The van der Waals surface area contributed by atoms with Crippen molar-refractivity contribution in [1.29, 1.82) is 0 Å². The van der Waals surface area contributed by atoms with Crippen LogP contribution in [0, 0.1) is 5.92 Å². The molecule has 3 aromatic rings. The van der Waals surface area contributed by atoms with Gasteiger partial charge in [-0.25, -0.2) is 28.5 Å². The third-order valence-corrected chi connectivity index (χ3v) is 7.42. The van der Waals surface area contributed by atoms with Crippen LogP contribution in [0.15, 0.2) is 35.5 Å². The topological polar surface area (TPSA) is 136 Å². The lowest BCUT2D eigenvalue weighted by Crippen LogP contribution is -2.38. The van der Waals surface area contributed by atoms with Gasteiger partial charge in [0.15, 0.2) is 17.0 Å². The van der Waals surface area contributed by atoms with Gasteiger partial charge >= 0.3 is 0 Å². The third kappa shape index (κ3) is 4.42. The Balaban J connectivity index is 1.26. The van der Waals surface area contributed by atoms with E-state index in [9.17, 15) is 13.2 Å². The highest BCUT2D eigenvalue weighted by Crippen LogP contribution is 2.29. The monoisotopic (exact) mass is 469 g/mol. The molecule has 0 radical (unpaired) electrons. The van der Waals surface area contributed by atoms with Gasteiger partial charge < -0.3 is 14.8 Å². The van der Waals surface area contributed by atoms with Gasteiger partial charge in [0, 0.05) is 37.7 Å². The minimum absolute atomic E-state index is 0.0153. The molecule has 1 aromatic carbocycles. The smallest absolute Gasteiger partial charge is 0.238 e. The number of fused-ring (bicyclic) bond motifs is 3. The molecule has 0 unspecified atom stereocenters. The van der Waals surface area contributed by atoms with Crippen LogP contribution in [0.4, 0.5) is 11.5 Å². The number of carbonyl (C=O) groups is 1. The number of amides is 1. The van der Waals surface area contributed by atoms with Crippen molar-refractivity contribution in [3.8, 4) is 0 Å². The molecule has 0 aliphatic carbocycles. The van der Waals surface area contributed by atoms with Gasteiger partial charge in [0.1, 0.15) is 12.2 Å². The summed E-state index contributed by atoms with van der Waals surface area (Å²) in [5, 5.41) is 8.00. The number of aryl methyl sites for hydroxylation is 2. The fourth-order valence-electron chi connectivity index (χ4n) is 4.68. The average Bonchev–Trinajstić information content (AvgIpc) is 3.00. The highest BCUT2D eigenvalue weighted by atomic mass is 32.2. The Bertz CT molecular complexity index is 1280. The maximum Gasteiger partial charge on any atom is 0.238 e. The second kappa shape index (κ2) is 8.71. The van der Waals surface area contributed by atoms with Gasteiger partial charge in [-0.15, -0.1) is 0 Å². The van der Waals surface area contributed by atoms with Crippen molar-refractivity contribution in [2.75, 3.05) is 23.3 Å². The number of benzene rings is 1. The lowest BCUT2D eigenvalue weighted by molar-refractivity contribution is -0.120. The van der Waals surface area contributed by atoms with Crippen LogP contribution in [-0.4, -0.2) is 46.9 Å². The van der Waals surface area contributed by atoms with Crippen LogP contribution >= 0.6 is 0 Å². The molecule has 2 aliphatic rings. The number of nitrogens with two attached hydrogens (primary N) is 1. The minimum atomic E-state index is -3.76. The summed E-state index contributed by atoms with van der Waals surface area (Å²) in [5.41, 5.74) is 2.30. The maximum atomic E-state index is 12.8. The van der Waals surface area contributed by atoms with E-state index in [0.29, 0.717) is 31.6 Å². The summed E-state index contributed by atoms with van der Waals surface area (Å²) in [6, 6.07) is 5.88. The van der Waals surface area contributed by atoms with E-state index in [4.69, 9.17) is 10.1 Å². The first-order valence-corrected chi connectivity index (χ1v) is 12.8. The largest absolute Gasteiger partial charge is 0.355 e. The Morgan fingerprint density at radius 1 is 1.03 bits per heavy atom. The Morgan fingerprint density at radius 3 is 2.52 bits per heavy atom. The van der Waals surface area contributed by atoms with Crippen LogP contribution in [0.5, 0.6) is 0 Å². The first-order valence-electron chi connectivity index (χ1n) is 11.3. The van der Waals surface area contributed by atoms with Crippen molar-refractivity contribution in [3.63, 3.8) is 0 Å². The first kappa shape index (κ1) is 21.8. The maximum absolute atomic E-state index is 12.8. The van der Waals surface area contributed by atoms with Gasteiger partial charge in [0.2, 0.25) is 15.9 Å². The molecule has 2 aromatic heterocycles. The van der Waals surface area contributed by atoms with Crippen molar-refractivity contribution in [3.05, 3.63) is 36.4 Å². The lowest BCUT2D eigenvalue weighted by Gasteiger charge is -2.32. The molecule has 11 heteroatoms. The number of primary sulfonamides is 1. The van der Waals surface area contributed by atoms with E-state index in [2.05, 4.69) is 24.8 Å². The van der Waals surface area contributed by atoms with E-state index in [0.717, 1.165) is 48.6 Å². The van der Waals surface area contributed by atoms with E-state index in [-0.39, 0.29) is 16.7 Å². The Kier molecular flexibility index (Phi) is 5.75. The minimum Gasteiger partial charge on any atom is -0.355 e. The summed E-state index contributed by atoms with van der Waals surface area (Å²) >= 11 is 0. The highest BCUT2D eigenvalue weighted by Gasteiger charge is 2.28. The molecule has 0 bridgehead atoms. The van der Waals surface area contributed by atoms with Crippen LogP contribution < -0.4 is 15.4 Å². The van der Waals surface area contributed by atoms with E-state index in [1.54, 1.807) is 18.5 Å². The van der Waals surface area contributed by atoms with Crippen LogP contribution in [0.1, 0.15) is 37.9 Å². The van der Waals surface area contributed by atoms with Gasteiger partial charge in [0.05, 0.1) is 4.90 Å². The van der Waals surface area contributed by atoms with Crippen molar-refractivity contribution in [2.24, 2.45) is 11.1 Å². The number of nitrogens with one attached hydrogen (secondary N) is 1. The number of rotatable bonds is 4. The average molecular weight is 470 g/mol. The van der Waals surface area contributed by atoms with Crippen LogP contribution in [-0.2, 0) is 27.8 Å². The fraction of sp³-hybridized carbons (Fsp3) is 0.455. The zero-order valence-corrected chi connectivity index (χ0v) is 19.1. The molecule has 0 saturated carbocycles. The molecular formula is C22H27N7O3S. The number of imidazole rings is 1. The molecular weight excluding hydrogens is 442 g/mol. The molecule has 0 spiro atoms. The van der Waals surface area contributed by atoms with Gasteiger partial charge in [-0.05, 0) is 49.9 Å². The SMILES string of the molecule is NS(=O)(=O)c1ccc(NC(=O)C2CCN(c3ncnc4c3nc3n4CCCCC3)CC2)cc1. The summed E-state index contributed by atoms with van der Waals surface area (Å²) < 4.78 is 25.0. The van der Waals surface area contributed by atoms with Gasteiger partial charge in [-0.3, -0.25) is 4.79 Å². The first-order chi connectivity index (χ1) is 15.9. The van der Waals surface area contributed by atoms with E-state index >= 15 is 0 Å². The van der Waals surface area contributed by atoms with Gasteiger partial charge in [0.25, 0.3) is 0 Å². The van der Waals surface area contributed by atoms with Gasteiger partial charge in [-0.1, -0.05) is 6.42 Å². The van der Waals surface area contributed by atoms with E-state index in [1.807, 2.05) is 0 Å². The number of hydrogen-bond donors (Lipinski definition) is 2. The molecule has 1 saturated heterocycles. The summed E-state index contributed by atoms with van der Waals surface area (Å²) in [4.78, 5) is 28.9. The van der Waals surface area contributed by atoms with Crippen molar-refractivity contribution in [1.82, 2.24) is 19.5 Å². The highest BCUT2D eigenvalue weighted by molar-refractivity contribution is 7.89. The zero-order valence-electron chi connectivity index (χ0n) is 18.3. The Hall–Kier alpha value is -3.05. The summed E-state index contributed by atoms with van der Waals surface area (Å²) in [5.74, 6) is 1.74. The van der Waals surface area contributed by atoms with Crippen molar-refractivity contribution in [2.45, 2.75) is 50.0 Å². The second-order valence-electron chi connectivity index (χ2n) is 8.68. The number of sulfonamides is 1. The molecule has 1 amide bonds. The lowest BCUT2D eigenvalue weighted by atomic mass is 9.95. The molecule has 1 fully saturated rings. The number of nitrogens with zero attached hydrogens (tertiary/aromatic N) is 5. The standard InChI is InChI=1S/C22H27N7O3S/c23-33(31,32)17-7-5-16(6-8-17)26-22(30)15-9-12-28(13-10-15)20-19-21(25-14-24-20)29-11-3-1-2-4-18(29)27-19/h5-8,14-15H,1-4,9-13H2,(H,26,30)(H2,23,31,32). The summed E-state index contributed by atoms with van der Waals surface area (Å²) in [7, 11) is -3.76. The Morgan fingerprint density at radius 2 is 1.79 bits per heavy atom. The van der Waals surface area contributed by atoms with Gasteiger partial charge in [-0.2, -0.15) is 0 Å². The molecule has 174 valence electrons. The molecule has 4 heterocycles. The third-order valence-electron chi connectivity index (χ3n) is 6.49. The molecule has 3 N–H and O–H groups in total. The summed E-state index contributed by atoms with van der Waals surface area (Å²) in [6.45, 7) is 2.36. The molecule has 33 heavy (non-hydrogen) atoms. The zero-order chi connectivity index (χ0) is 23.0. The number of aromatic nitrogens is 4.